The third-order valence-corrected chi connectivity index (χ3v) is 12.4. The molecule has 2 aromatic rings. The number of carbonyl (C=O) groups is 4. The largest absolute Gasteiger partial charge is 0.455 e. The molecule has 15 nitrogen and oxygen atoms in total. The number of imidazole rings is 1. The number of alkyl halides is 1. The lowest BCUT2D eigenvalue weighted by Crippen LogP contribution is -2.62. The van der Waals surface area contributed by atoms with Crippen LogP contribution < -0.4 is 5.43 Å². The van der Waals surface area contributed by atoms with Crippen molar-refractivity contribution >= 4 is 34.7 Å². The van der Waals surface area contributed by atoms with Gasteiger partial charge in [-0.25, -0.2) is 29.4 Å². The number of fused-ring (bicyclic) bond motifs is 2. The highest BCUT2D eigenvalue weighted by Crippen LogP contribution is 2.42. The van der Waals surface area contributed by atoms with Crippen molar-refractivity contribution in [3.8, 4) is 0 Å². The predicted octanol–water partition coefficient (Wildman–Crippen LogP) is 3.96. The number of likely N-dealkylation sites (N-methyl/N-ethyl adjacent to an activating group) is 1. The molecule has 0 aliphatic carbocycles. The van der Waals surface area contributed by atoms with Crippen LogP contribution in [0.15, 0.2) is 30.6 Å². The van der Waals surface area contributed by atoms with Crippen molar-refractivity contribution < 1.29 is 52.7 Å². The summed E-state index contributed by atoms with van der Waals surface area (Å²) in [6.45, 7) is 15.2. The Bertz CT molecular complexity index is 1770. The van der Waals surface area contributed by atoms with Gasteiger partial charge in [-0.2, -0.15) is 0 Å². The maximum atomic E-state index is 16.8. The average Bonchev–Trinajstić information content (AvgIpc) is 3.69. The molecule has 2 unspecified atom stereocenters. The Labute approximate surface area is 334 Å². The van der Waals surface area contributed by atoms with E-state index in [-0.39, 0.29) is 37.3 Å². The van der Waals surface area contributed by atoms with E-state index in [0.717, 1.165) is 18.0 Å². The Morgan fingerprint density at radius 1 is 1.07 bits per heavy atom. The number of esters is 1. The van der Waals surface area contributed by atoms with E-state index in [1.54, 1.807) is 27.1 Å². The second-order valence-electron chi connectivity index (χ2n) is 16.9. The first kappa shape index (κ1) is 44.6. The summed E-state index contributed by atoms with van der Waals surface area (Å²) in [6.07, 6.45) is -3.99. The summed E-state index contributed by atoms with van der Waals surface area (Å²) in [7, 11) is 1.85. The molecule has 1 aromatic heterocycles. The number of aryl methyl sites for hydroxylation is 1. The van der Waals surface area contributed by atoms with Crippen LogP contribution in [0.4, 0.5) is 9.18 Å². The number of aromatic nitrogens is 2. The molecule has 5 rings (SSSR count). The number of carbonyl (C=O) groups excluding carboxylic acids is 4. The maximum Gasteiger partial charge on any atom is 0.425 e. The van der Waals surface area contributed by atoms with Gasteiger partial charge < -0.3 is 38.6 Å². The molecule has 3 saturated heterocycles. The zero-order valence-corrected chi connectivity index (χ0v) is 34.9. The van der Waals surface area contributed by atoms with Gasteiger partial charge in [0.25, 0.3) is 5.67 Å². The second kappa shape index (κ2) is 17.4. The number of Topliss-reactive ketones (excluding diaryl/α,β-unsaturated/α-hetero) is 2. The smallest absolute Gasteiger partial charge is 0.425 e. The summed E-state index contributed by atoms with van der Waals surface area (Å²) in [5.41, 5.74) is -1.96. The third-order valence-electron chi connectivity index (χ3n) is 12.4. The number of hydrogen-bond donors (Lipinski definition) is 3. The fourth-order valence-electron chi connectivity index (χ4n) is 9.16. The first-order valence-electron chi connectivity index (χ1n) is 20.2. The molecule has 57 heavy (non-hydrogen) atoms. The number of amides is 1. The van der Waals surface area contributed by atoms with Gasteiger partial charge in [0.2, 0.25) is 0 Å². The fourth-order valence-corrected chi connectivity index (χ4v) is 9.16. The molecular formula is C41H62FN5O10. The number of benzene rings is 1. The van der Waals surface area contributed by atoms with Crippen LogP contribution >= 0.6 is 0 Å². The van der Waals surface area contributed by atoms with E-state index in [4.69, 9.17) is 18.9 Å². The van der Waals surface area contributed by atoms with E-state index >= 15 is 4.39 Å². The molecule has 16 heteroatoms. The highest BCUT2D eigenvalue weighted by atomic mass is 19.1. The minimum atomic E-state index is -3.24. The number of rotatable bonds is 10. The summed E-state index contributed by atoms with van der Waals surface area (Å²) in [6, 6.07) is 6.27. The van der Waals surface area contributed by atoms with E-state index in [9.17, 15) is 29.4 Å². The van der Waals surface area contributed by atoms with Gasteiger partial charge in [0.15, 0.2) is 17.7 Å². The number of aliphatic hydroxyl groups is 2. The molecule has 0 saturated carbocycles. The minimum absolute atomic E-state index is 0.0484. The normalized spacial score (nSPS) is 38.6. The molecule has 3 aliphatic rings. The summed E-state index contributed by atoms with van der Waals surface area (Å²) in [4.78, 5) is 62.5. The van der Waals surface area contributed by atoms with Crippen molar-refractivity contribution in [1.82, 2.24) is 24.9 Å². The van der Waals surface area contributed by atoms with Gasteiger partial charge in [-0.3, -0.25) is 9.59 Å². The second-order valence-corrected chi connectivity index (χ2v) is 16.9. The lowest BCUT2D eigenvalue weighted by atomic mass is 9.73. The first-order valence-corrected chi connectivity index (χ1v) is 20.2. The van der Waals surface area contributed by atoms with Crippen molar-refractivity contribution in [3.63, 3.8) is 0 Å². The highest BCUT2D eigenvalue weighted by Gasteiger charge is 2.62. The Kier molecular flexibility index (Phi) is 13.6. The predicted molar refractivity (Wildman–Crippen MR) is 207 cm³/mol. The van der Waals surface area contributed by atoms with E-state index in [1.165, 1.54) is 25.8 Å². The van der Waals surface area contributed by atoms with E-state index in [2.05, 4.69) is 10.4 Å². The number of hydrazine groups is 1. The third kappa shape index (κ3) is 8.76. The number of halogens is 1. The summed E-state index contributed by atoms with van der Waals surface area (Å²) in [5, 5.41) is 24.9. The molecule has 3 N–H and O–H groups in total. The van der Waals surface area contributed by atoms with Gasteiger partial charge in [0.1, 0.15) is 24.0 Å². The quantitative estimate of drug-likeness (QED) is 0.179. The number of nitrogens with zero attached hydrogens (tertiary/aromatic N) is 4. The van der Waals surface area contributed by atoms with Gasteiger partial charge in [0, 0.05) is 36.9 Å². The van der Waals surface area contributed by atoms with E-state index in [0.29, 0.717) is 25.9 Å². The van der Waals surface area contributed by atoms with Crippen LogP contribution in [0.3, 0.4) is 0 Å². The van der Waals surface area contributed by atoms with Crippen molar-refractivity contribution in [2.45, 2.75) is 154 Å². The summed E-state index contributed by atoms with van der Waals surface area (Å²) >= 11 is 0. The van der Waals surface area contributed by atoms with Gasteiger partial charge in [-0.05, 0) is 79.1 Å². The van der Waals surface area contributed by atoms with Crippen LogP contribution in [-0.2, 0) is 39.9 Å². The molecule has 4 heterocycles. The monoisotopic (exact) mass is 803 g/mol. The molecule has 0 bridgehead atoms. The summed E-state index contributed by atoms with van der Waals surface area (Å²) < 4.78 is 42.8. The maximum absolute atomic E-state index is 16.8. The molecule has 1 aromatic carbocycles. The Balaban J connectivity index is 1.47. The molecule has 3 aliphatic heterocycles. The van der Waals surface area contributed by atoms with Gasteiger partial charge in [-0.15, -0.1) is 0 Å². The number of aliphatic hydroxyl groups excluding tert-OH is 1. The number of para-hydroxylation sites is 2. The Morgan fingerprint density at radius 2 is 1.75 bits per heavy atom. The molecule has 1 amide bonds. The lowest BCUT2D eigenvalue weighted by molar-refractivity contribution is -0.294. The van der Waals surface area contributed by atoms with Crippen LogP contribution in [0.25, 0.3) is 11.0 Å². The molecule has 0 spiro atoms. The van der Waals surface area contributed by atoms with Crippen molar-refractivity contribution in [3.05, 3.63) is 30.6 Å². The van der Waals surface area contributed by atoms with Crippen molar-refractivity contribution in [2.24, 2.45) is 17.8 Å². The number of nitrogens with one attached hydrogen (secondary N) is 1. The lowest BCUT2D eigenvalue weighted by Gasteiger charge is -2.46. The zero-order chi connectivity index (χ0) is 42.2. The topological polar surface area (TPSA) is 182 Å². The zero-order valence-electron chi connectivity index (χ0n) is 34.9. The number of ketones is 2. The van der Waals surface area contributed by atoms with Gasteiger partial charge in [-0.1, -0.05) is 46.8 Å². The minimum Gasteiger partial charge on any atom is -0.455 e. The van der Waals surface area contributed by atoms with E-state index in [1.807, 2.05) is 54.6 Å². The fraction of sp³-hybridized carbons (Fsp3) is 0.732. The highest BCUT2D eigenvalue weighted by molar-refractivity contribution is 6.08. The van der Waals surface area contributed by atoms with Crippen LogP contribution in [0.5, 0.6) is 0 Å². The molecule has 318 valence electrons. The first-order chi connectivity index (χ1) is 26.7. The average molecular weight is 804 g/mol. The van der Waals surface area contributed by atoms with E-state index < -0.39 is 83.1 Å². The Morgan fingerprint density at radius 3 is 2.42 bits per heavy atom. The van der Waals surface area contributed by atoms with Gasteiger partial charge in [0.05, 0.1) is 35.2 Å². The molecule has 13 atom stereocenters. The summed E-state index contributed by atoms with van der Waals surface area (Å²) in [5.74, 6) is -6.45. The van der Waals surface area contributed by atoms with Crippen LogP contribution in [-0.4, -0.2) is 133 Å². The van der Waals surface area contributed by atoms with Crippen LogP contribution in [0, 0.1) is 17.8 Å². The van der Waals surface area contributed by atoms with Crippen molar-refractivity contribution in [2.75, 3.05) is 20.1 Å². The standard InChI is InChI=1S/C41H62FN5O10/c1-11-30-41(9)33(47(38(52)57-41)44-18-15-19-46-22-43-27-16-13-14-17-28(27)46)25(5)31(48)23(3)21-39(7,53)35(26(6)34(50)40(8,42)37(51)55-30)56-36-32(49)29(45(10)12-2)20-24(4)54-36/h13-14,16-17,22-26,29-30,32-33,35-36,44,49,53H,11-12,15,18-21H2,1-10H3/t23-,24-,25+,26+,29+,30-,32-,33?,35-,36?,39-,40+,41-/m1/s1. The molecular weight excluding hydrogens is 741 g/mol. The SMILES string of the molecule is CC[C@H]1OC(=O)[C@@](C)(F)C(=O)[C@H](C)[C@@H](OC2O[C@H](C)C[C@H](N(C)CC)[C@H]2O)[C@](C)(O)C[C@@H](C)C(=O)[C@H](C)C2N(NCCCn3cnc4ccccc43)C(=O)O[C@@]21C. The number of cyclic esters (lactones) is 1. The van der Waals surface area contributed by atoms with Gasteiger partial charge >= 0.3 is 12.1 Å². The molecule has 0 radical (unpaired) electrons. The van der Waals surface area contributed by atoms with Crippen LogP contribution in [0.1, 0.15) is 88.0 Å². The number of hydrogen-bond acceptors (Lipinski definition) is 13. The molecule has 3 fully saturated rings. The number of ether oxygens (including phenoxy) is 4. The van der Waals surface area contributed by atoms with Crippen LogP contribution in [0.2, 0.25) is 0 Å². The Hall–Kier alpha value is -3.54. The van der Waals surface area contributed by atoms with Crippen molar-refractivity contribution in [1.29, 1.82) is 0 Å².